The van der Waals surface area contributed by atoms with E-state index >= 15 is 0 Å². The molecule has 5 nitrogen and oxygen atoms in total. The summed E-state index contributed by atoms with van der Waals surface area (Å²) < 4.78 is 2.02. The molecule has 1 fully saturated rings. The molecule has 0 bridgehead atoms. The zero-order chi connectivity index (χ0) is 21.8. The summed E-state index contributed by atoms with van der Waals surface area (Å²) in [6.07, 6.45) is 3.41. The molecule has 2 aromatic carbocycles. The first kappa shape index (κ1) is 21.3. The number of carbonyl (C=O) groups excluding carboxylic acids is 1. The van der Waals surface area contributed by atoms with Crippen molar-refractivity contribution in [2.24, 2.45) is 0 Å². The lowest BCUT2D eigenvalue weighted by Gasteiger charge is -2.34. The number of aryl methyl sites for hydroxylation is 1. The van der Waals surface area contributed by atoms with Crippen LogP contribution in [0.15, 0.2) is 60.7 Å². The van der Waals surface area contributed by atoms with E-state index in [1.807, 2.05) is 52.0 Å². The van der Waals surface area contributed by atoms with Gasteiger partial charge in [0.2, 0.25) is 5.91 Å². The molecule has 0 radical (unpaired) electrons. The van der Waals surface area contributed by atoms with Crippen LogP contribution in [0.1, 0.15) is 22.5 Å². The van der Waals surface area contributed by atoms with Gasteiger partial charge in [0.25, 0.3) is 0 Å². The van der Waals surface area contributed by atoms with Crippen LogP contribution in [-0.4, -0.2) is 51.7 Å². The number of rotatable bonds is 5. The largest absolute Gasteiger partial charge is 0.337 e. The summed E-state index contributed by atoms with van der Waals surface area (Å²) in [5.74, 6) is 0.0313. The second-order valence-corrected chi connectivity index (χ2v) is 8.26. The Morgan fingerprint density at radius 2 is 1.68 bits per heavy atom. The molecule has 160 valence electrons. The monoisotopic (exact) mass is 434 g/mol. The van der Waals surface area contributed by atoms with Crippen LogP contribution in [0.3, 0.4) is 0 Å². The topological polar surface area (TPSA) is 41.4 Å². The summed E-state index contributed by atoms with van der Waals surface area (Å²) in [6, 6.07) is 17.8. The van der Waals surface area contributed by atoms with Crippen molar-refractivity contribution < 1.29 is 4.79 Å². The summed E-state index contributed by atoms with van der Waals surface area (Å²) in [6.45, 7) is 8.18. The van der Waals surface area contributed by atoms with Gasteiger partial charge in [0.05, 0.1) is 11.4 Å². The third-order valence-electron chi connectivity index (χ3n) is 5.82. The Hall–Kier alpha value is -2.89. The lowest BCUT2D eigenvalue weighted by atomic mass is 10.1. The van der Waals surface area contributed by atoms with Gasteiger partial charge >= 0.3 is 0 Å². The number of para-hydroxylation sites is 1. The van der Waals surface area contributed by atoms with E-state index < -0.39 is 0 Å². The van der Waals surface area contributed by atoms with Crippen LogP contribution >= 0.6 is 11.6 Å². The first-order valence-corrected chi connectivity index (χ1v) is 10.9. The van der Waals surface area contributed by atoms with Gasteiger partial charge < -0.3 is 4.90 Å². The average Bonchev–Trinajstić information content (AvgIpc) is 3.08. The molecule has 1 aliphatic heterocycles. The van der Waals surface area contributed by atoms with Crippen molar-refractivity contribution in [1.82, 2.24) is 19.6 Å². The van der Waals surface area contributed by atoms with Crippen molar-refractivity contribution in [2.45, 2.75) is 20.4 Å². The molecule has 6 heteroatoms. The van der Waals surface area contributed by atoms with Crippen LogP contribution in [0.25, 0.3) is 11.8 Å². The second-order valence-electron chi connectivity index (χ2n) is 7.85. The zero-order valence-corrected chi connectivity index (χ0v) is 18.7. The van der Waals surface area contributed by atoms with E-state index in [0.717, 1.165) is 49.7 Å². The molecule has 2 heterocycles. The average molecular weight is 435 g/mol. The highest BCUT2D eigenvalue weighted by Gasteiger charge is 2.22. The first-order chi connectivity index (χ1) is 15.0. The number of hydrogen-bond donors (Lipinski definition) is 0. The molecule has 1 aliphatic rings. The normalized spacial score (nSPS) is 15.0. The lowest BCUT2D eigenvalue weighted by molar-refractivity contribution is -0.127. The van der Waals surface area contributed by atoms with Gasteiger partial charge in [0.15, 0.2) is 0 Å². The minimum atomic E-state index is 0.0313. The highest BCUT2D eigenvalue weighted by molar-refractivity contribution is 6.32. The number of nitrogens with zero attached hydrogens (tertiary/aromatic N) is 4. The van der Waals surface area contributed by atoms with Crippen molar-refractivity contribution >= 4 is 23.6 Å². The van der Waals surface area contributed by atoms with Gasteiger partial charge in [-0.1, -0.05) is 48.0 Å². The standard InChI is InChI=1S/C25H27ClN4O/c1-19-23(20(2)30(27-19)22-9-4-3-5-10-22)18-28-14-16-29(17-15-28)25(31)13-12-21-8-6-7-11-24(21)26/h3-13H,14-18H2,1-2H3/b13-12+. The maximum atomic E-state index is 12.6. The molecule has 3 aromatic rings. The lowest BCUT2D eigenvalue weighted by Crippen LogP contribution is -2.47. The van der Waals surface area contributed by atoms with Gasteiger partial charge in [0, 0.05) is 55.1 Å². The third kappa shape index (κ3) is 4.89. The number of amides is 1. The highest BCUT2D eigenvalue weighted by atomic mass is 35.5. The van der Waals surface area contributed by atoms with Crippen molar-refractivity contribution in [2.75, 3.05) is 26.2 Å². The van der Waals surface area contributed by atoms with Gasteiger partial charge in [-0.05, 0) is 43.7 Å². The van der Waals surface area contributed by atoms with Crippen LogP contribution in [0.2, 0.25) is 5.02 Å². The van der Waals surface area contributed by atoms with Crippen molar-refractivity contribution in [3.05, 3.63) is 88.2 Å². The van der Waals surface area contributed by atoms with Crippen molar-refractivity contribution in [3.8, 4) is 5.69 Å². The fraction of sp³-hybridized carbons (Fsp3) is 0.280. The quantitative estimate of drug-likeness (QED) is 0.555. The fourth-order valence-corrected chi connectivity index (χ4v) is 4.15. The maximum absolute atomic E-state index is 12.6. The molecule has 0 aliphatic carbocycles. The van der Waals surface area contributed by atoms with Crippen LogP contribution in [0.5, 0.6) is 0 Å². The van der Waals surface area contributed by atoms with E-state index in [4.69, 9.17) is 16.7 Å². The van der Waals surface area contributed by atoms with Gasteiger partial charge in [-0.15, -0.1) is 0 Å². The van der Waals surface area contributed by atoms with E-state index in [9.17, 15) is 4.79 Å². The Bertz CT molecular complexity index is 1080. The molecule has 1 amide bonds. The van der Waals surface area contributed by atoms with Gasteiger partial charge in [-0.2, -0.15) is 5.10 Å². The van der Waals surface area contributed by atoms with E-state index in [-0.39, 0.29) is 5.91 Å². The number of piperazine rings is 1. The Balaban J connectivity index is 1.36. The zero-order valence-electron chi connectivity index (χ0n) is 18.0. The molecule has 0 unspecified atom stereocenters. The molecule has 1 saturated heterocycles. The molecule has 0 spiro atoms. The number of carbonyl (C=O) groups is 1. The summed E-state index contributed by atoms with van der Waals surface area (Å²) in [5, 5.41) is 5.41. The predicted octanol–water partition coefficient (Wildman–Crippen LogP) is 4.50. The molecule has 0 atom stereocenters. The SMILES string of the molecule is Cc1nn(-c2ccccc2)c(C)c1CN1CCN(C(=O)/C=C/c2ccccc2Cl)CC1. The Morgan fingerprint density at radius 1 is 1.00 bits per heavy atom. The van der Waals surface area contributed by atoms with Crippen LogP contribution in [0.4, 0.5) is 0 Å². The Morgan fingerprint density at radius 3 is 2.39 bits per heavy atom. The number of halogens is 1. The van der Waals surface area contributed by atoms with Crippen LogP contribution in [0, 0.1) is 13.8 Å². The minimum absolute atomic E-state index is 0.0313. The Labute approximate surface area is 188 Å². The van der Waals surface area contributed by atoms with E-state index in [0.29, 0.717) is 5.02 Å². The van der Waals surface area contributed by atoms with Gasteiger partial charge in [-0.25, -0.2) is 4.68 Å². The summed E-state index contributed by atoms with van der Waals surface area (Å²) >= 11 is 6.17. The van der Waals surface area contributed by atoms with Crippen molar-refractivity contribution in [3.63, 3.8) is 0 Å². The number of benzene rings is 2. The summed E-state index contributed by atoms with van der Waals surface area (Å²) in [4.78, 5) is 16.9. The first-order valence-electron chi connectivity index (χ1n) is 10.6. The van der Waals surface area contributed by atoms with Gasteiger partial charge in [0.1, 0.15) is 0 Å². The minimum Gasteiger partial charge on any atom is -0.337 e. The number of aromatic nitrogens is 2. The predicted molar refractivity (Wildman–Crippen MR) is 125 cm³/mol. The van der Waals surface area contributed by atoms with Crippen molar-refractivity contribution in [1.29, 1.82) is 0 Å². The number of hydrogen-bond acceptors (Lipinski definition) is 3. The smallest absolute Gasteiger partial charge is 0.246 e. The molecule has 0 N–H and O–H groups in total. The molecule has 0 saturated carbocycles. The summed E-state index contributed by atoms with van der Waals surface area (Å²) in [5.41, 5.74) is 5.43. The Kier molecular flexibility index (Phi) is 6.54. The highest BCUT2D eigenvalue weighted by Crippen LogP contribution is 2.21. The van der Waals surface area contributed by atoms with E-state index in [1.165, 1.54) is 11.3 Å². The fourth-order valence-electron chi connectivity index (χ4n) is 3.95. The van der Waals surface area contributed by atoms with Crippen LogP contribution < -0.4 is 0 Å². The third-order valence-corrected chi connectivity index (χ3v) is 6.16. The molecule has 4 rings (SSSR count). The molecular weight excluding hydrogens is 408 g/mol. The molecular formula is C25H27ClN4O. The second kappa shape index (κ2) is 9.50. The van der Waals surface area contributed by atoms with Gasteiger partial charge in [-0.3, -0.25) is 9.69 Å². The van der Waals surface area contributed by atoms with E-state index in [1.54, 1.807) is 12.2 Å². The summed E-state index contributed by atoms with van der Waals surface area (Å²) in [7, 11) is 0. The maximum Gasteiger partial charge on any atom is 0.246 e. The molecule has 1 aromatic heterocycles. The van der Waals surface area contributed by atoms with Crippen LogP contribution in [-0.2, 0) is 11.3 Å². The van der Waals surface area contributed by atoms with E-state index in [2.05, 4.69) is 30.9 Å². The molecule has 31 heavy (non-hydrogen) atoms.